The highest BCUT2D eigenvalue weighted by Crippen LogP contribution is 2.17. The standard InChI is InChI=1S/C30H59N/c1-3-30(2)28-26-24-22-20-18-16-14-12-10-8-6-4-5-7-9-11-13-15-17-19-21-23-25-27-29-31/h30H,3-28H2,1-2H3. The molecule has 31 heavy (non-hydrogen) atoms. The van der Waals surface area contributed by atoms with Gasteiger partial charge in [-0.3, -0.25) is 0 Å². The number of nitriles is 1. The van der Waals surface area contributed by atoms with Gasteiger partial charge in [0.1, 0.15) is 0 Å². The molecule has 0 aliphatic heterocycles. The molecule has 0 amide bonds. The molecular weight excluding hydrogens is 374 g/mol. The monoisotopic (exact) mass is 433 g/mol. The molecule has 0 saturated carbocycles. The van der Waals surface area contributed by atoms with Crippen LogP contribution in [0.1, 0.15) is 181 Å². The van der Waals surface area contributed by atoms with Crippen molar-refractivity contribution in [2.45, 2.75) is 181 Å². The predicted molar refractivity (Wildman–Crippen MR) is 140 cm³/mol. The number of hydrogen-bond donors (Lipinski definition) is 0. The van der Waals surface area contributed by atoms with Gasteiger partial charge in [0.05, 0.1) is 6.07 Å². The maximum absolute atomic E-state index is 8.51. The van der Waals surface area contributed by atoms with Gasteiger partial charge in [0.2, 0.25) is 0 Å². The second-order valence-corrected chi connectivity index (χ2v) is 10.3. The predicted octanol–water partition coefficient (Wildman–Crippen LogP) is 11.3. The minimum atomic E-state index is 0.749. The van der Waals surface area contributed by atoms with E-state index in [-0.39, 0.29) is 0 Å². The highest BCUT2D eigenvalue weighted by atomic mass is 14.2. The maximum atomic E-state index is 8.51. The zero-order valence-corrected chi connectivity index (χ0v) is 21.9. The fourth-order valence-electron chi connectivity index (χ4n) is 4.61. The van der Waals surface area contributed by atoms with E-state index in [1.165, 1.54) is 154 Å². The van der Waals surface area contributed by atoms with Gasteiger partial charge >= 0.3 is 0 Å². The van der Waals surface area contributed by atoms with Crippen LogP contribution < -0.4 is 0 Å². The summed E-state index contributed by atoms with van der Waals surface area (Å²) in [7, 11) is 0. The third-order valence-corrected chi connectivity index (χ3v) is 7.18. The van der Waals surface area contributed by atoms with Gasteiger partial charge in [0, 0.05) is 6.42 Å². The molecule has 0 radical (unpaired) electrons. The van der Waals surface area contributed by atoms with Crippen molar-refractivity contribution in [2.75, 3.05) is 0 Å². The van der Waals surface area contributed by atoms with Gasteiger partial charge in [0.25, 0.3) is 0 Å². The Morgan fingerprint density at radius 3 is 0.968 bits per heavy atom. The largest absolute Gasteiger partial charge is 0.198 e. The molecular formula is C30H59N. The van der Waals surface area contributed by atoms with Crippen molar-refractivity contribution in [1.82, 2.24) is 0 Å². The molecule has 0 N–H and O–H groups in total. The van der Waals surface area contributed by atoms with E-state index in [0.29, 0.717) is 0 Å². The van der Waals surface area contributed by atoms with Gasteiger partial charge in [-0.05, 0) is 12.3 Å². The van der Waals surface area contributed by atoms with Crippen LogP contribution >= 0.6 is 0 Å². The topological polar surface area (TPSA) is 23.8 Å². The first-order valence-electron chi connectivity index (χ1n) is 14.7. The summed E-state index contributed by atoms with van der Waals surface area (Å²) in [5.41, 5.74) is 0. The molecule has 0 aromatic rings. The average Bonchev–Trinajstić information content (AvgIpc) is 2.78. The third-order valence-electron chi connectivity index (χ3n) is 7.18. The molecule has 0 saturated heterocycles. The first-order valence-corrected chi connectivity index (χ1v) is 14.7. The Morgan fingerprint density at radius 1 is 0.452 bits per heavy atom. The van der Waals surface area contributed by atoms with Gasteiger partial charge in [0.15, 0.2) is 0 Å². The Labute approximate surface area is 198 Å². The maximum Gasteiger partial charge on any atom is 0.0621 e. The summed E-state index contributed by atoms with van der Waals surface area (Å²) in [4.78, 5) is 0. The second kappa shape index (κ2) is 27.5. The Kier molecular flexibility index (Phi) is 27.1. The zero-order valence-electron chi connectivity index (χ0n) is 21.9. The normalized spacial score (nSPS) is 12.2. The van der Waals surface area contributed by atoms with Crippen LogP contribution in [0.2, 0.25) is 0 Å². The van der Waals surface area contributed by atoms with E-state index in [4.69, 9.17) is 5.26 Å². The summed E-state index contributed by atoms with van der Waals surface area (Å²) in [6, 6.07) is 2.24. The van der Waals surface area contributed by atoms with Gasteiger partial charge in [-0.25, -0.2) is 0 Å². The summed E-state index contributed by atoms with van der Waals surface area (Å²) in [5.74, 6) is 0.942. The average molecular weight is 434 g/mol. The molecule has 0 rings (SSSR count). The lowest BCUT2D eigenvalue weighted by Crippen LogP contribution is -1.91. The van der Waals surface area contributed by atoms with E-state index in [9.17, 15) is 0 Å². The van der Waals surface area contributed by atoms with Crippen LogP contribution in [-0.2, 0) is 0 Å². The molecule has 1 atom stereocenters. The smallest absolute Gasteiger partial charge is 0.0621 e. The number of unbranched alkanes of at least 4 members (excludes halogenated alkanes) is 23. The van der Waals surface area contributed by atoms with E-state index in [1.807, 2.05) is 0 Å². The Balaban J connectivity index is 3.02. The van der Waals surface area contributed by atoms with Crippen molar-refractivity contribution in [3.8, 4) is 6.07 Å². The molecule has 0 fully saturated rings. The quantitative estimate of drug-likeness (QED) is 0.124. The summed E-state index contributed by atoms with van der Waals surface area (Å²) in [6.07, 6.45) is 36.4. The fourth-order valence-corrected chi connectivity index (χ4v) is 4.61. The minimum Gasteiger partial charge on any atom is -0.198 e. The van der Waals surface area contributed by atoms with E-state index in [1.54, 1.807) is 0 Å². The lowest BCUT2D eigenvalue weighted by atomic mass is 9.99. The molecule has 1 heteroatoms. The summed E-state index contributed by atoms with van der Waals surface area (Å²) in [6.45, 7) is 4.71. The second-order valence-electron chi connectivity index (χ2n) is 10.3. The number of rotatable bonds is 26. The van der Waals surface area contributed by atoms with Gasteiger partial charge in [-0.1, -0.05) is 168 Å². The van der Waals surface area contributed by atoms with Gasteiger partial charge in [-0.15, -0.1) is 0 Å². The lowest BCUT2D eigenvalue weighted by molar-refractivity contribution is 0.468. The van der Waals surface area contributed by atoms with Crippen molar-refractivity contribution >= 4 is 0 Å². The van der Waals surface area contributed by atoms with E-state index in [2.05, 4.69) is 19.9 Å². The molecule has 1 nitrogen and oxygen atoms in total. The molecule has 0 spiro atoms. The molecule has 1 unspecified atom stereocenters. The van der Waals surface area contributed by atoms with Gasteiger partial charge in [-0.2, -0.15) is 5.26 Å². The molecule has 184 valence electrons. The fraction of sp³-hybridized carbons (Fsp3) is 0.967. The van der Waals surface area contributed by atoms with Crippen LogP contribution in [0.3, 0.4) is 0 Å². The van der Waals surface area contributed by atoms with Crippen molar-refractivity contribution in [2.24, 2.45) is 5.92 Å². The number of nitrogens with zero attached hydrogens (tertiary/aromatic N) is 1. The first kappa shape index (κ1) is 30.5. The molecule has 0 heterocycles. The first-order chi connectivity index (χ1) is 15.3. The van der Waals surface area contributed by atoms with Crippen LogP contribution in [-0.4, -0.2) is 0 Å². The Bertz CT molecular complexity index is 356. The van der Waals surface area contributed by atoms with Crippen molar-refractivity contribution in [3.05, 3.63) is 0 Å². The molecule has 0 aromatic heterocycles. The van der Waals surface area contributed by atoms with Crippen LogP contribution in [0.4, 0.5) is 0 Å². The van der Waals surface area contributed by atoms with Crippen molar-refractivity contribution in [1.29, 1.82) is 5.26 Å². The van der Waals surface area contributed by atoms with Crippen LogP contribution in [0, 0.1) is 17.2 Å². The third kappa shape index (κ3) is 27.5. The lowest BCUT2D eigenvalue weighted by Gasteiger charge is -2.07. The van der Waals surface area contributed by atoms with E-state index >= 15 is 0 Å². The molecule has 0 aromatic carbocycles. The van der Waals surface area contributed by atoms with Gasteiger partial charge < -0.3 is 0 Å². The minimum absolute atomic E-state index is 0.749. The molecule has 0 bridgehead atoms. The molecule has 0 aliphatic rings. The Hall–Kier alpha value is -0.510. The summed E-state index contributed by atoms with van der Waals surface area (Å²) < 4.78 is 0. The Morgan fingerprint density at radius 2 is 0.710 bits per heavy atom. The summed E-state index contributed by atoms with van der Waals surface area (Å²) in [5, 5.41) is 8.51. The summed E-state index contributed by atoms with van der Waals surface area (Å²) >= 11 is 0. The highest BCUT2D eigenvalue weighted by molar-refractivity contribution is 4.67. The van der Waals surface area contributed by atoms with Crippen LogP contribution in [0.5, 0.6) is 0 Å². The van der Waals surface area contributed by atoms with Crippen LogP contribution in [0.15, 0.2) is 0 Å². The number of hydrogen-bond acceptors (Lipinski definition) is 1. The van der Waals surface area contributed by atoms with Crippen molar-refractivity contribution in [3.63, 3.8) is 0 Å². The SMILES string of the molecule is CCC(C)CCCCCCCCCCCCCCCCCCCCCCCCCC#N. The van der Waals surface area contributed by atoms with E-state index < -0.39 is 0 Å². The van der Waals surface area contributed by atoms with Crippen molar-refractivity contribution < 1.29 is 0 Å². The highest BCUT2D eigenvalue weighted by Gasteiger charge is 1.99. The zero-order chi connectivity index (χ0) is 22.7. The van der Waals surface area contributed by atoms with Crippen LogP contribution in [0.25, 0.3) is 0 Å². The molecule has 0 aliphatic carbocycles. The van der Waals surface area contributed by atoms with E-state index in [0.717, 1.165) is 18.8 Å².